The lowest BCUT2D eigenvalue weighted by Gasteiger charge is -2.24. The number of rotatable bonds is 6. The Morgan fingerprint density at radius 3 is 2.70 bits per heavy atom. The van der Waals surface area contributed by atoms with Gasteiger partial charge in [-0.3, -0.25) is 9.69 Å². The molecule has 6 heteroatoms. The van der Waals surface area contributed by atoms with Crippen molar-refractivity contribution < 1.29 is 9.18 Å². The Morgan fingerprint density at radius 1 is 1.39 bits per heavy atom. The van der Waals surface area contributed by atoms with Crippen LogP contribution in [0.25, 0.3) is 0 Å². The van der Waals surface area contributed by atoms with Crippen molar-refractivity contribution in [1.82, 2.24) is 15.2 Å². The SMILES string of the molecule is CCc1nc(C)sc1CNC(=O)[C@@H](c1ccccc1F)N(C)C. The summed E-state index contributed by atoms with van der Waals surface area (Å²) in [4.78, 5) is 19.8. The minimum absolute atomic E-state index is 0.215. The number of nitrogens with one attached hydrogen (secondary N) is 1. The van der Waals surface area contributed by atoms with Gasteiger partial charge in [0.1, 0.15) is 11.9 Å². The zero-order chi connectivity index (χ0) is 17.0. The summed E-state index contributed by atoms with van der Waals surface area (Å²) in [7, 11) is 3.54. The van der Waals surface area contributed by atoms with Gasteiger partial charge in [0.05, 0.1) is 17.2 Å². The average molecular weight is 335 g/mol. The number of carbonyl (C=O) groups excluding carboxylic acids is 1. The number of thiazole rings is 1. The number of hydrogen-bond donors (Lipinski definition) is 1. The van der Waals surface area contributed by atoms with Crippen LogP contribution >= 0.6 is 11.3 Å². The molecule has 1 amide bonds. The van der Waals surface area contributed by atoms with Crippen molar-refractivity contribution in [2.24, 2.45) is 0 Å². The van der Waals surface area contributed by atoms with E-state index in [1.807, 2.05) is 13.8 Å². The third-order valence-corrected chi connectivity index (χ3v) is 4.62. The molecule has 0 spiro atoms. The van der Waals surface area contributed by atoms with Crippen molar-refractivity contribution in [3.63, 3.8) is 0 Å². The van der Waals surface area contributed by atoms with E-state index in [1.165, 1.54) is 6.07 Å². The minimum atomic E-state index is -0.657. The Bertz CT molecular complexity index is 684. The molecule has 4 nitrogen and oxygen atoms in total. The fraction of sp³-hybridized carbons (Fsp3) is 0.412. The Hall–Kier alpha value is -1.79. The minimum Gasteiger partial charge on any atom is -0.349 e. The van der Waals surface area contributed by atoms with E-state index in [9.17, 15) is 9.18 Å². The summed E-state index contributed by atoms with van der Waals surface area (Å²) in [6, 6.07) is 5.73. The molecule has 1 aromatic carbocycles. The van der Waals surface area contributed by atoms with Gasteiger partial charge in [-0.25, -0.2) is 9.37 Å². The Labute approximate surface area is 140 Å². The molecule has 124 valence electrons. The number of carbonyl (C=O) groups is 1. The van der Waals surface area contributed by atoms with E-state index in [0.29, 0.717) is 12.1 Å². The third kappa shape index (κ3) is 4.14. The first-order chi connectivity index (χ1) is 10.9. The molecule has 2 rings (SSSR count). The maximum absolute atomic E-state index is 14.0. The summed E-state index contributed by atoms with van der Waals surface area (Å²) in [6.07, 6.45) is 0.833. The van der Waals surface area contributed by atoms with Crippen LogP contribution in [-0.4, -0.2) is 29.9 Å². The Morgan fingerprint density at radius 2 is 2.09 bits per heavy atom. The van der Waals surface area contributed by atoms with Crippen molar-refractivity contribution in [2.75, 3.05) is 14.1 Å². The van der Waals surface area contributed by atoms with Gasteiger partial charge in [0.15, 0.2) is 0 Å². The third-order valence-electron chi connectivity index (χ3n) is 3.61. The number of aromatic nitrogens is 1. The summed E-state index contributed by atoms with van der Waals surface area (Å²) in [6.45, 7) is 4.42. The zero-order valence-corrected chi connectivity index (χ0v) is 14.7. The average Bonchev–Trinajstić information content (AvgIpc) is 2.87. The van der Waals surface area contributed by atoms with Crippen molar-refractivity contribution in [3.8, 4) is 0 Å². The Kier molecular flexibility index (Phi) is 5.85. The molecule has 0 fully saturated rings. The van der Waals surface area contributed by atoms with Gasteiger partial charge in [-0.15, -0.1) is 11.3 Å². The van der Waals surface area contributed by atoms with E-state index in [1.54, 1.807) is 48.5 Å². The fourth-order valence-corrected chi connectivity index (χ4v) is 3.51. The topological polar surface area (TPSA) is 45.2 Å². The van der Waals surface area contributed by atoms with E-state index in [2.05, 4.69) is 10.3 Å². The first-order valence-electron chi connectivity index (χ1n) is 7.57. The molecule has 23 heavy (non-hydrogen) atoms. The maximum atomic E-state index is 14.0. The second-order valence-corrected chi connectivity index (χ2v) is 6.85. The monoisotopic (exact) mass is 335 g/mol. The smallest absolute Gasteiger partial charge is 0.242 e. The fourth-order valence-electron chi connectivity index (χ4n) is 2.54. The molecule has 0 aliphatic heterocycles. The van der Waals surface area contributed by atoms with Crippen LogP contribution < -0.4 is 5.32 Å². The van der Waals surface area contributed by atoms with Gasteiger partial charge in [0.2, 0.25) is 5.91 Å². The van der Waals surface area contributed by atoms with Crippen molar-refractivity contribution in [2.45, 2.75) is 32.9 Å². The molecular weight excluding hydrogens is 313 g/mol. The van der Waals surface area contributed by atoms with Crippen molar-refractivity contribution >= 4 is 17.2 Å². The highest BCUT2D eigenvalue weighted by molar-refractivity contribution is 7.11. The lowest BCUT2D eigenvalue weighted by Crippen LogP contribution is -2.37. The molecule has 0 saturated carbocycles. The van der Waals surface area contributed by atoms with E-state index in [-0.39, 0.29) is 11.7 Å². The summed E-state index contributed by atoms with van der Waals surface area (Å²) in [5.41, 5.74) is 1.39. The van der Waals surface area contributed by atoms with Gasteiger partial charge >= 0.3 is 0 Å². The molecule has 1 aromatic heterocycles. The van der Waals surface area contributed by atoms with Crippen LogP contribution in [0.2, 0.25) is 0 Å². The maximum Gasteiger partial charge on any atom is 0.242 e. The van der Waals surface area contributed by atoms with Gasteiger partial charge in [-0.1, -0.05) is 25.1 Å². The molecule has 2 aromatic rings. The molecule has 1 atom stereocenters. The predicted molar refractivity (Wildman–Crippen MR) is 90.9 cm³/mol. The molecule has 1 N–H and O–H groups in total. The normalized spacial score (nSPS) is 12.4. The van der Waals surface area contributed by atoms with Gasteiger partial charge < -0.3 is 5.32 Å². The number of hydrogen-bond acceptors (Lipinski definition) is 4. The summed E-state index contributed by atoms with van der Waals surface area (Å²) < 4.78 is 14.0. The van der Waals surface area contributed by atoms with E-state index in [0.717, 1.165) is 22.0 Å². The van der Waals surface area contributed by atoms with E-state index in [4.69, 9.17) is 0 Å². The van der Waals surface area contributed by atoms with E-state index < -0.39 is 6.04 Å². The summed E-state index contributed by atoms with van der Waals surface area (Å²) in [5, 5.41) is 3.91. The highest BCUT2D eigenvalue weighted by Gasteiger charge is 2.25. The molecule has 0 unspecified atom stereocenters. The van der Waals surface area contributed by atoms with Gasteiger partial charge in [0, 0.05) is 10.4 Å². The summed E-state index contributed by atoms with van der Waals surface area (Å²) in [5.74, 6) is -0.586. The van der Waals surface area contributed by atoms with Crippen LogP contribution in [0.4, 0.5) is 4.39 Å². The van der Waals surface area contributed by atoms with Gasteiger partial charge in [0.25, 0.3) is 0 Å². The standard InChI is InChI=1S/C17H22FN3OS/c1-5-14-15(23-11(2)20-14)10-19-17(22)16(21(3)4)12-8-6-7-9-13(12)18/h6-9,16H,5,10H2,1-4H3,(H,19,22)/t16-/m1/s1. The number of amides is 1. The summed E-state index contributed by atoms with van der Waals surface area (Å²) >= 11 is 1.59. The van der Waals surface area contributed by atoms with Crippen molar-refractivity contribution in [3.05, 3.63) is 51.2 Å². The van der Waals surface area contributed by atoms with Crippen LogP contribution in [0.5, 0.6) is 0 Å². The van der Waals surface area contributed by atoms with Crippen LogP contribution in [0.3, 0.4) is 0 Å². The highest BCUT2D eigenvalue weighted by Crippen LogP contribution is 2.23. The molecule has 0 saturated heterocycles. The predicted octanol–water partition coefficient (Wildman–Crippen LogP) is 3.07. The molecular formula is C17H22FN3OS. The van der Waals surface area contributed by atoms with Crippen LogP contribution in [0.15, 0.2) is 24.3 Å². The molecule has 0 bridgehead atoms. The Balaban J connectivity index is 2.15. The largest absolute Gasteiger partial charge is 0.349 e. The lowest BCUT2D eigenvalue weighted by molar-refractivity contribution is -0.126. The molecule has 0 radical (unpaired) electrons. The number of aryl methyl sites for hydroxylation is 2. The number of nitrogens with zero attached hydrogens (tertiary/aromatic N) is 2. The quantitative estimate of drug-likeness (QED) is 0.882. The first kappa shape index (κ1) is 17.6. The first-order valence-corrected chi connectivity index (χ1v) is 8.39. The lowest BCUT2D eigenvalue weighted by atomic mass is 10.0. The second kappa shape index (κ2) is 7.66. The van der Waals surface area contributed by atoms with Crippen LogP contribution in [0, 0.1) is 12.7 Å². The molecule has 1 heterocycles. The van der Waals surface area contributed by atoms with Crippen molar-refractivity contribution in [1.29, 1.82) is 0 Å². The second-order valence-electron chi connectivity index (χ2n) is 5.56. The number of halogens is 1. The zero-order valence-electron chi connectivity index (χ0n) is 13.9. The van der Waals surface area contributed by atoms with Crippen LogP contribution in [0.1, 0.15) is 34.1 Å². The highest BCUT2D eigenvalue weighted by atomic mass is 32.1. The van der Waals surface area contributed by atoms with E-state index >= 15 is 0 Å². The molecule has 0 aliphatic rings. The van der Waals surface area contributed by atoms with Gasteiger partial charge in [-0.05, 0) is 33.5 Å². The molecule has 0 aliphatic carbocycles. The van der Waals surface area contributed by atoms with Gasteiger partial charge in [-0.2, -0.15) is 0 Å². The number of benzene rings is 1. The van der Waals surface area contributed by atoms with Crippen LogP contribution in [-0.2, 0) is 17.8 Å². The number of likely N-dealkylation sites (N-methyl/N-ethyl adjacent to an activating group) is 1.